The topological polar surface area (TPSA) is 46.2 Å². The van der Waals surface area contributed by atoms with Crippen molar-refractivity contribution in [3.05, 3.63) is 0 Å². The summed E-state index contributed by atoms with van der Waals surface area (Å²) < 4.78 is 0. The summed E-state index contributed by atoms with van der Waals surface area (Å²) in [5, 5.41) is 9.53. The monoisotopic (exact) mass is 139 g/mol. The fourth-order valence-corrected chi connectivity index (χ4v) is 1.43. The van der Waals surface area contributed by atoms with Crippen LogP contribution in [0.4, 0.5) is 0 Å². The Hall–Kier alpha value is -0.520. The molecule has 0 amide bonds. The van der Waals surface area contributed by atoms with Gasteiger partial charge in [-0.25, -0.2) is 0 Å². The predicted molar refractivity (Wildman–Crippen MR) is 40.2 cm³/mol. The molecule has 2 nitrogen and oxygen atoms in total. The molecule has 0 spiro atoms. The highest BCUT2D eigenvalue weighted by atomic mass is 16.3. The van der Waals surface area contributed by atoms with Crippen molar-refractivity contribution in [2.45, 2.75) is 37.3 Å². The van der Waals surface area contributed by atoms with E-state index in [-0.39, 0.29) is 6.04 Å². The van der Waals surface area contributed by atoms with Gasteiger partial charge in [0.05, 0.1) is 0 Å². The molecule has 0 aromatic rings. The Kier molecular flexibility index (Phi) is 1.98. The number of terminal acetylenes is 1. The number of aliphatic hydroxyl groups is 1. The first-order valence-electron chi connectivity index (χ1n) is 3.62. The van der Waals surface area contributed by atoms with Crippen LogP contribution in [0.5, 0.6) is 0 Å². The molecule has 0 unspecified atom stereocenters. The Labute approximate surface area is 61.4 Å². The molecule has 0 aliphatic heterocycles. The van der Waals surface area contributed by atoms with Gasteiger partial charge in [0.1, 0.15) is 5.60 Å². The van der Waals surface area contributed by atoms with Crippen molar-refractivity contribution in [3.8, 4) is 12.3 Å². The Morgan fingerprint density at radius 1 is 1.70 bits per heavy atom. The molecule has 1 aliphatic carbocycles. The molecule has 2 heteroatoms. The second-order valence-electron chi connectivity index (χ2n) is 3.03. The Balaban J connectivity index is 2.56. The van der Waals surface area contributed by atoms with Crippen molar-refractivity contribution in [1.29, 1.82) is 0 Å². The third kappa shape index (κ3) is 1.50. The summed E-state index contributed by atoms with van der Waals surface area (Å²) in [5.41, 5.74) is 4.73. The quantitative estimate of drug-likeness (QED) is 0.473. The van der Waals surface area contributed by atoms with Crippen molar-refractivity contribution in [2.24, 2.45) is 5.73 Å². The second-order valence-corrected chi connectivity index (χ2v) is 3.03. The van der Waals surface area contributed by atoms with Gasteiger partial charge in [0.25, 0.3) is 0 Å². The Bertz CT molecular complexity index is 161. The molecule has 0 aromatic heterocycles. The lowest BCUT2D eigenvalue weighted by atomic mass is 9.83. The zero-order valence-electron chi connectivity index (χ0n) is 6.01. The first-order valence-corrected chi connectivity index (χ1v) is 3.62. The third-order valence-electron chi connectivity index (χ3n) is 2.03. The zero-order chi connectivity index (χ0) is 7.61. The maximum Gasteiger partial charge on any atom is 0.126 e. The zero-order valence-corrected chi connectivity index (χ0v) is 6.01. The largest absolute Gasteiger partial charge is 0.378 e. The fraction of sp³-hybridized carbons (Fsp3) is 0.750. The summed E-state index contributed by atoms with van der Waals surface area (Å²) >= 11 is 0. The molecular weight excluding hydrogens is 126 g/mol. The van der Waals surface area contributed by atoms with E-state index in [1.807, 2.05) is 0 Å². The van der Waals surface area contributed by atoms with E-state index in [0.29, 0.717) is 12.8 Å². The van der Waals surface area contributed by atoms with Crippen molar-refractivity contribution >= 4 is 0 Å². The second kappa shape index (κ2) is 2.61. The van der Waals surface area contributed by atoms with Crippen molar-refractivity contribution in [2.75, 3.05) is 0 Å². The van der Waals surface area contributed by atoms with Crippen LogP contribution in [0.3, 0.4) is 0 Å². The summed E-state index contributed by atoms with van der Waals surface area (Å²) in [4.78, 5) is 0. The van der Waals surface area contributed by atoms with Crippen LogP contribution in [-0.4, -0.2) is 16.7 Å². The van der Waals surface area contributed by atoms with E-state index in [1.54, 1.807) is 0 Å². The van der Waals surface area contributed by atoms with Crippen LogP contribution in [0.1, 0.15) is 25.7 Å². The van der Waals surface area contributed by atoms with Crippen LogP contribution in [-0.2, 0) is 0 Å². The predicted octanol–water partition coefficient (Wildman–Crippen LogP) is 0.252. The first kappa shape index (κ1) is 7.59. The summed E-state index contributed by atoms with van der Waals surface area (Å²) in [6.45, 7) is 0. The van der Waals surface area contributed by atoms with E-state index in [9.17, 15) is 5.11 Å². The van der Waals surface area contributed by atoms with Crippen molar-refractivity contribution < 1.29 is 5.11 Å². The molecule has 10 heavy (non-hydrogen) atoms. The maximum absolute atomic E-state index is 9.53. The first-order chi connectivity index (χ1) is 4.66. The summed E-state index contributed by atoms with van der Waals surface area (Å²) in [6, 6.07) is 0.0924. The van der Waals surface area contributed by atoms with Gasteiger partial charge >= 0.3 is 0 Å². The molecule has 1 rings (SSSR count). The lowest BCUT2D eigenvalue weighted by Crippen LogP contribution is -2.39. The highest BCUT2D eigenvalue weighted by Crippen LogP contribution is 2.26. The van der Waals surface area contributed by atoms with Crippen molar-refractivity contribution in [3.63, 3.8) is 0 Å². The molecule has 1 saturated carbocycles. The lowest BCUT2D eigenvalue weighted by Gasteiger charge is -2.30. The SMILES string of the molecule is C#C[C@@]1(O)CCC[C@@H](N)C1. The van der Waals surface area contributed by atoms with Gasteiger partial charge in [-0.05, 0) is 19.3 Å². The Morgan fingerprint density at radius 2 is 2.40 bits per heavy atom. The molecule has 0 aromatic carbocycles. The molecule has 0 bridgehead atoms. The minimum Gasteiger partial charge on any atom is -0.378 e. The van der Waals surface area contributed by atoms with Gasteiger partial charge in [-0.2, -0.15) is 0 Å². The molecule has 3 N–H and O–H groups in total. The van der Waals surface area contributed by atoms with E-state index in [2.05, 4.69) is 5.92 Å². The van der Waals surface area contributed by atoms with Crippen LogP contribution in [0.25, 0.3) is 0 Å². The van der Waals surface area contributed by atoms with Gasteiger partial charge in [0.15, 0.2) is 0 Å². The highest BCUT2D eigenvalue weighted by molar-refractivity contribution is 5.10. The smallest absolute Gasteiger partial charge is 0.126 e. The van der Waals surface area contributed by atoms with Gasteiger partial charge in [0.2, 0.25) is 0 Å². The van der Waals surface area contributed by atoms with Crippen molar-refractivity contribution in [1.82, 2.24) is 0 Å². The van der Waals surface area contributed by atoms with Gasteiger partial charge in [-0.15, -0.1) is 6.42 Å². The minimum atomic E-state index is -0.905. The fourth-order valence-electron chi connectivity index (χ4n) is 1.43. The van der Waals surface area contributed by atoms with E-state index >= 15 is 0 Å². The Morgan fingerprint density at radius 3 is 2.80 bits per heavy atom. The van der Waals surface area contributed by atoms with Gasteiger partial charge in [0, 0.05) is 12.5 Å². The number of rotatable bonds is 0. The standard InChI is InChI=1S/C8H13NO/c1-2-8(10)5-3-4-7(9)6-8/h1,7,10H,3-6,9H2/t7-,8-/m1/s1. The average molecular weight is 139 g/mol. The summed E-state index contributed by atoms with van der Waals surface area (Å²) in [5.74, 6) is 2.39. The molecule has 2 atom stereocenters. The van der Waals surface area contributed by atoms with Crippen LogP contribution in [0, 0.1) is 12.3 Å². The van der Waals surface area contributed by atoms with E-state index < -0.39 is 5.60 Å². The summed E-state index contributed by atoms with van der Waals surface area (Å²) in [7, 11) is 0. The lowest BCUT2D eigenvalue weighted by molar-refractivity contribution is 0.0534. The van der Waals surface area contributed by atoms with Crippen LogP contribution < -0.4 is 5.73 Å². The molecule has 1 aliphatic rings. The molecule has 0 saturated heterocycles. The van der Waals surface area contributed by atoms with E-state index in [1.165, 1.54) is 0 Å². The van der Waals surface area contributed by atoms with E-state index in [4.69, 9.17) is 12.2 Å². The molecule has 0 heterocycles. The van der Waals surface area contributed by atoms with Crippen LogP contribution in [0.2, 0.25) is 0 Å². The maximum atomic E-state index is 9.53. The average Bonchev–Trinajstić information content (AvgIpc) is 1.88. The van der Waals surface area contributed by atoms with Gasteiger partial charge < -0.3 is 10.8 Å². The highest BCUT2D eigenvalue weighted by Gasteiger charge is 2.30. The van der Waals surface area contributed by atoms with E-state index in [0.717, 1.165) is 12.8 Å². The van der Waals surface area contributed by atoms with Crippen LogP contribution in [0.15, 0.2) is 0 Å². The summed E-state index contributed by atoms with van der Waals surface area (Å²) in [6.07, 6.45) is 8.35. The van der Waals surface area contributed by atoms with Gasteiger partial charge in [-0.1, -0.05) is 5.92 Å². The minimum absolute atomic E-state index is 0.0924. The molecule has 1 fully saturated rings. The van der Waals surface area contributed by atoms with Gasteiger partial charge in [-0.3, -0.25) is 0 Å². The number of hydrogen-bond donors (Lipinski definition) is 2. The third-order valence-corrected chi connectivity index (χ3v) is 2.03. The number of nitrogens with two attached hydrogens (primary N) is 1. The normalized spacial score (nSPS) is 40.7. The molecule has 0 radical (unpaired) electrons. The molecular formula is C8H13NO. The molecule has 56 valence electrons. The number of hydrogen-bond acceptors (Lipinski definition) is 2. The van der Waals surface area contributed by atoms with Crippen LogP contribution >= 0.6 is 0 Å².